The summed E-state index contributed by atoms with van der Waals surface area (Å²) in [6.45, 7) is 2.68. The highest BCUT2D eigenvalue weighted by molar-refractivity contribution is 9.10. The maximum atomic E-state index is 4.31. The fourth-order valence-corrected chi connectivity index (χ4v) is 1.97. The highest BCUT2D eigenvalue weighted by Gasteiger charge is 2.09. The average molecular weight is 255 g/mol. The summed E-state index contributed by atoms with van der Waals surface area (Å²) in [5.74, 6) is 0.780. The fraction of sp³-hybridized carbons (Fsp3) is 0.333. The van der Waals surface area contributed by atoms with Gasteiger partial charge in [-0.15, -0.1) is 0 Å². The van der Waals surface area contributed by atoms with Gasteiger partial charge in [-0.25, -0.2) is 9.97 Å². The van der Waals surface area contributed by atoms with Crippen LogP contribution in [0, 0.1) is 6.92 Å². The van der Waals surface area contributed by atoms with Gasteiger partial charge < -0.3 is 10.3 Å². The van der Waals surface area contributed by atoms with Gasteiger partial charge >= 0.3 is 0 Å². The van der Waals surface area contributed by atoms with Crippen LogP contribution < -0.4 is 5.32 Å². The Balaban J connectivity index is 2.64. The molecule has 0 aromatic carbocycles. The summed E-state index contributed by atoms with van der Waals surface area (Å²) in [5.41, 5.74) is 2.05. The van der Waals surface area contributed by atoms with E-state index in [1.165, 1.54) is 5.56 Å². The summed E-state index contributed by atoms with van der Waals surface area (Å²) < 4.78 is 0.974. The minimum absolute atomic E-state index is 0.780. The number of nitrogens with zero attached hydrogens (tertiary/aromatic N) is 2. The van der Waals surface area contributed by atoms with Crippen LogP contribution >= 0.6 is 15.9 Å². The highest BCUT2D eigenvalue weighted by Crippen LogP contribution is 2.24. The lowest BCUT2D eigenvalue weighted by molar-refractivity contribution is 0.819. The summed E-state index contributed by atoms with van der Waals surface area (Å²) >= 11 is 3.47. The van der Waals surface area contributed by atoms with Crippen molar-refractivity contribution in [3.8, 4) is 0 Å². The van der Waals surface area contributed by atoms with Crippen molar-refractivity contribution < 1.29 is 0 Å². The van der Waals surface area contributed by atoms with E-state index in [0.29, 0.717) is 0 Å². The number of aromatic nitrogens is 3. The Hall–Kier alpha value is -0.940. The van der Waals surface area contributed by atoms with Crippen LogP contribution in [0.1, 0.15) is 11.4 Å². The molecule has 0 unspecified atom stereocenters. The molecule has 0 amide bonds. The van der Waals surface area contributed by atoms with E-state index in [1.54, 1.807) is 0 Å². The number of halogens is 1. The van der Waals surface area contributed by atoms with Crippen LogP contribution in [0.25, 0.3) is 11.0 Å². The minimum Gasteiger partial charge on any atom is -0.334 e. The summed E-state index contributed by atoms with van der Waals surface area (Å²) in [7, 11) is 1.92. The van der Waals surface area contributed by atoms with Crippen LogP contribution in [-0.2, 0) is 6.54 Å². The number of nitrogens with one attached hydrogen (secondary N) is 2. The number of aryl methyl sites for hydroxylation is 1. The molecule has 0 spiro atoms. The number of hydrogen-bond donors (Lipinski definition) is 2. The molecular formula is C9H11BrN4. The molecule has 4 nitrogen and oxygen atoms in total. The molecule has 2 aromatic heterocycles. The first-order valence-corrected chi connectivity index (χ1v) is 5.16. The van der Waals surface area contributed by atoms with Gasteiger partial charge in [0.25, 0.3) is 0 Å². The Morgan fingerprint density at radius 1 is 1.57 bits per heavy atom. The maximum Gasteiger partial charge on any atom is 0.142 e. The van der Waals surface area contributed by atoms with Crippen molar-refractivity contribution in [1.82, 2.24) is 20.3 Å². The summed E-state index contributed by atoms with van der Waals surface area (Å²) in [5, 5.41) is 4.18. The molecular weight excluding hydrogens is 244 g/mol. The smallest absolute Gasteiger partial charge is 0.142 e. The third kappa shape index (κ3) is 1.53. The van der Waals surface area contributed by atoms with Crippen LogP contribution in [0.2, 0.25) is 0 Å². The van der Waals surface area contributed by atoms with Gasteiger partial charge in [-0.1, -0.05) is 0 Å². The van der Waals surface area contributed by atoms with E-state index < -0.39 is 0 Å². The number of H-pyrrole nitrogens is 1. The van der Waals surface area contributed by atoms with Gasteiger partial charge in [0.15, 0.2) is 0 Å². The molecule has 74 valence electrons. The predicted octanol–water partition coefficient (Wildman–Crippen LogP) is 1.75. The minimum atomic E-state index is 0.780. The zero-order valence-electron chi connectivity index (χ0n) is 8.06. The molecule has 2 rings (SSSR count). The van der Waals surface area contributed by atoms with Gasteiger partial charge in [-0.3, -0.25) is 0 Å². The number of hydrogen-bond acceptors (Lipinski definition) is 3. The molecule has 0 atom stereocenters. The summed E-state index contributed by atoms with van der Waals surface area (Å²) in [6.07, 6.45) is 1.85. The second-order valence-electron chi connectivity index (χ2n) is 3.13. The highest BCUT2D eigenvalue weighted by atomic mass is 79.9. The Labute approximate surface area is 90.3 Å². The van der Waals surface area contributed by atoms with E-state index in [9.17, 15) is 0 Å². The third-order valence-electron chi connectivity index (χ3n) is 2.08. The van der Waals surface area contributed by atoms with Gasteiger partial charge in [0.05, 0.1) is 4.60 Å². The zero-order chi connectivity index (χ0) is 10.1. The second-order valence-corrected chi connectivity index (χ2v) is 3.92. The van der Waals surface area contributed by atoms with Crippen molar-refractivity contribution in [2.45, 2.75) is 13.5 Å². The Bertz CT molecular complexity index is 463. The average Bonchev–Trinajstić information content (AvgIpc) is 2.43. The molecule has 14 heavy (non-hydrogen) atoms. The first-order chi connectivity index (χ1) is 6.72. The largest absolute Gasteiger partial charge is 0.334 e. The molecule has 0 aliphatic heterocycles. The van der Waals surface area contributed by atoms with E-state index in [0.717, 1.165) is 28.0 Å². The lowest BCUT2D eigenvalue weighted by Crippen LogP contribution is -2.04. The van der Waals surface area contributed by atoms with Crippen LogP contribution in [-0.4, -0.2) is 22.0 Å². The first-order valence-electron chi connectivity index (χ1n) is 4.36. The molecule has 0 aliphatic carbocycles. The van der Waals surface area contributed by atoms with Crippen molar-refractivity contribution >= 4 is 27.0 Å². The van der Waals surface area contributed by atoms with Crippen LogP contribution in [0.3, 0.4) is 0 Å². The van der Waals surface area contributed by atoms with E-state index >= 15 is 0 Å². The number of fused-ring (bicyclic) bond motifs is 1. The van der Waals surface area contributed by atoms with E-state index in [2.05, 4.69) is 36.2 Å². The Morgan fingerprint density at radius 2 is 2.36 bits per heavy atom. The lowest BCUT2D eigenvalue weighted by atomic mass is 10.2. The van der Waals surface area contributed by atoms with Gasteiger partial charge in [0.2, 0.25) is 0 Å². The van der Waals surface area contributed by atoms with Crippen molar-refractivity contribution in [2.75, 3.05) is 7.05 Å². The fourth-order valence-electron chi connectivity index (χ4n) is 1.43. The molecule has 0 saturated heterocycles. The second kappa shape index (κ2) is 3.67. The molecule has 5 heteroatoms. The number of aromatic amines is 1. The molecule has 0 fully saturated rings. The molecule has 0 saturated carbocycles. The van der Waals surface area contributed by atoms with Crippen molar-refractivity contribution in [3.63, 3.8) is 0 Å². The summed E-state index contributed by atoms with van der Waals surface area (Å²) in [4.78, 5) is 11.7. The zero-order valence-corrected chi connectivity index (χ0v) is 9.64. The first kappa shape index (κ1) is 9.61. The normalized spacial score (nSPS) is 11.1. The molecule has 2 heterocycles. The number of rotatable bonds is 2. The molecule has 2 aromatic rings. The topological polar surface area (TPSA) is 53.6 Å². The monoisotopic (exact) mass is 254 g/mol. The van der Waals surface area contributed by atoms with Gasteiger partial charge in [0.1, 0.15) is 11.5 Å². The van der Waals surface area contributed by atoms with Gasteiger partial charge in [-0.05, 0) is 29.9 Å². The maximum absolute atomic E-state index is 4.31. The van der Waals surface area contributed by atoms with Gasteiger partial charge in [0, 0.05) is 23.7 Å². The van der Waals surface area contributed by atoms with Crippen LogP contribution in [0.4, 0.5) is 0 Å². The lowest BCUT2D eigenvalue weighted by Gasteiger charge is -1.97. The Kier molecular flexibility index (Phi) is 2.52. The predicted molar refractivity (Wildman–Crippen MR) is 59.1 cm³/mol. The van der Waals surface area contributed by atoms with E-state index in [-0.39, 0.29) is 0 Å². The standard InChI is InChI=1S/C9H11BrN4/c1-5-12-4-7-6(3-11-2)8(10)14-9(7)13-5/h4,11H,3H2,1-2H3,(H,12,13,14). The SMILES string of the molecule is CNCc1c(Br)[nH]c2nc(C)ncc12. The molecule has 0 bridgehead atoms. The van der Waals surface area contributed by atoms with Crippen LogP contribution in [0.5, 0.6) is 0 Å². The van der Waals surface area contributed by atoms with Crippen molar-refractivity contribution in [3.05, 3.63) is 22.2 Å². The molecule has 0 aliphatic rings. The quantitative estimate of drug-likeness (QED) is 0.859. The van der Waals surface area contributed by atoms with Crippen LogP contribution in [0.15, 0.2) is 10.8 Å². The van der Waals surface area contributed by atoms with Crippen molar-refractivity contribution in [2.24, 2.45) is 0 Å². The van der Waals surface area contributed by atoms with Gasteiger partial charge in [-0.2, -0.15) is 0 Å². The summed E-state index contributed by atoms with van der Waals surface area (Å²) in [6, 6.07) is 0. The third-order valence-corrected chi connectivity index (χ3v) is 2.76. The molecule has 2 N–H and O–H groups in total. The van der Waals surface area contributed by atoms with E-state index in [4.69, 9.17) is 0 Å². The Morgan fingerprint density at radius 3 is 3.07 bits per heavy atom. The van der Waals surface area contributed by atoms with Crippen molar-refractivity contribution in [1.29, 1.82) is 0 Å². The molecule has 0 radical (unpaired) electrons. The van der Waals surface area contributed by atoms with E-state index in [1.807, 2.05) is 20.2 Å².